The van der Waals surface area contributed by atoms with E-state index in [9.17, 15) is 18.0 Å². The molecule has 0 spiro atoms. The number of carbonyl (C=O) groups is 2. The molecule has 0 aliphatic rings. The predicted octanol–water partition coefficient (Wildman–Crippen LogP) is 2.52. The number of sulfonamides is 1. The van der Waals surface area contributed by atoms with Crippen LogP contribution >= 0.6 is 0 Å². The Morgan fingerprint density at radius 3 is 2.46 bits per heavy atom. The molecule has 2 rings (SSSR count). The third kappa shape index (κ3) is 5.40. The van der Waals surface area contributed by atoms with Gasteiger partial charge in [0.2, 0.25) is 15.9 Å². The molecule has 0 unspecified atom stereocenters. The van der Waals surface area contributed by atoms with Gasteiger partial charge in [-0.1, -0.05) is 25.1 Å². The van der Waals surface area contributed by atoms with Crippen LogP contribution in [-0.2, 0) is 21.4 Å². The van der Waals surface area contributed by atoms with Gasteiger partial charge in [0.1, 0.15) is 0 Å². The molecule has 8 heteroatoms. The quantitative estimate of drug-likeness (QED) is 0.743. The van der Waals surface area contributed by atoms with Crippen molar-refractivity contribution in [3.8, 4) is 0 Å². The molecule has 0 heterocycles. The molecule has 0 aromatic heterocycles. The van der Waals surface area contributed by atoms with Gasteiger partial charge >= 0.3 is 0 Å². The second-order valence-corrected chi connectivity index (χ2v) is 8.27. The fraction of sp³-hybridized carbons (Fsp3) is 0.300. The molecule has 2 aromatic rings. The van der Waals surface area contributed by atoms with Crippen LogP contribution in [0.3, 0.4) is 0 Å². The zero-order chi connectivity index (χ0) is 20.9. The number of hydrogen-bond donors (Lipinski definition) is 2. The van der Waals surface area contributed by atoms with Gasteiger partial charge in [-0.15, -0.1) is 0 Å². The van der Waals surface area contributed by atoms with E-state index in [2.05, 4.69) is 10.0 Å². The van der Waals surface area contributed by atoms with E-state index in [4.69, 9.17) is 0 Å². The topological polar surface area (TPSA) is 95.6 Å². The molecule has 0 bridgehead atoms. The first-order valence-corrected chi connectivity index (χ1v) is 10.3. The Kier molecular flexibility index (Phi) is 6.93. The first-order valence-electron chi connectivity index (χ1n) is 8.86. The predicted molar refractivity (Wildman–Crippen MR) is 109 cm³/mol. The Morgan fingerprint density at radius 2 is 1.82 bits per heavy atom. The molecule has 0 radical (unpaired) electrons. The number of amides is 2. The fourth-order valence-electron chi connectivity index (χ4n) is 2.62. The van der Waals surface area contributed by atoms with Crippen molar-refractivity contribution in [2.45, 2.75) is 32.2 Å². The normalized spacial score (nSPS) is 11.1. The number of rotatable bonds is 7. The van der Waals surface area contributed by atoms with E-state index in [1.165, 1.54) is 19.1 Å². The molecule has 0 aliphatic carbocycles. The molecule has 0 aliphatic heterocycles. The maximum atomic E-state index is 12.7. The summed E-state index contributed by atoms with van der Waals surface area (Å²) in [7, 11) is -1.95. The summed E-state index contributed by atoms with van der Waals surface area (Å²) < 4.78 is 26.8. The molecule has 28 heavy (non-hydrogen) atoms. The van der Waals surface area contributed by atoms with Crippen molar-refractivity contribution in [3.63, 3.8) is 0 Å². The average molecular weight is 404 g/mol. The molecule has 2 amide bonds. The highest BCUT2D eigenvalue weighted by Gasteiger charge is 2.17. The number of hydrogen-bond acceptors (Lipinski definition) is 4. The van der Waals surface area contributed by atoms with Crippen LogP contribution in [0, 0.1) is 6.92 Å². The number of anilines is 1. The standard InChI is InChI=1S/C20H25N3O4S/c1-5-21-28(26,27)18-10-9-14(2)19(12-18)20(25)22-17-8-6-7-16(11-17)13-23(4)15(3)24/h6-12,21H,5,13H2,1-4H3,(H,22,25). The Morgan fingerprint density at radius 1 is 1.11 bits per heavy atom. The largest absolute Gasteiger partial charge is 0.342 e. The Balaban J connectivity index is 2.25. The molecular weight excluding hydrogens is 378 g/mol. The summed E-state index contributed by atoms with van der Waals surface area (Å²) in [6.07, 6.45) is 0. The number of nitrogens with one attached hydrogen (secondary N) is 2. The minimum atomic E-state index is -3.65. The van der Waals surface area contributed by atoms with Crippen LogP contribution in [0.5, 0.6) is 0 Å². The van der Waals surface area contributed by atoms with E-state index >= 15 is 0 Å². The zero-order valence-electron chi connectivity index (χ0n) is 16.4. The van der Waals surface area contributed by atoms with Crippen molar-refractivity contribution in [3.05, 3.63) is 59.2 Å². The van der Waals surface area contributed by atoms with Crippen LogP contribution in [0.2, 0.25) is 0 Å². The number of carbonyl (C=O) groups excluding carboxylic acids is 2. The van der Waals surface area contributed by atoms with Crippen molar-refractivity contribution in [2.75, 3.05) is 18.9 Å². The van der Waals surface area contributed by atoms with Gasteiger partial charge in [-0.3, -0.25) is 9.59 Å². The van der Waals surface area contributed by atoms with Crippen molar-refractivity contribution < 1.29 is 18.0 Å². The lowest BCUT2D eigenvalue weighted by molar-refractivity contribution is -0.128. The van der Waals surface area contributed by atoms with E-state index in [1.54, 1.807) is 50.1 Å². The molecular formula is C20H25N3O4S. The van der Waals surface area contributed by atoms with E-state index in [1.807, 2.05) is 6.07 Å². The van der Waals surface area contributed by atoms with E-state index in [0.29, 0.717) is 17.8 Å². The van der Waals surface area contributed by atoms with Gasteiger partial charge < -0.3 is 10.2 Å². The molecule has 0 saturated heterocycles. The van der Waals surface area contributed by atoms with Crippen molar-refractivity contribution in [1.82, 2.24) is 9.62 Å². The highest BCUT2D eigenvalue weighted by atomic mass is 32.2. The van der Waals surface area contributed by atoms with Gasteiger partial charge in [-0.05, 0) is 42.3 Å². The summed E-state index contributed by atoms with van der Waals surface area (Å²) in [4.78, 5) is 25.7. The second kappa shape index (κ2) is 8.99. The smallest absolute Gasteiger partial charge is 0.255 e. The summed E-state index contributed by atoms with van der Waals surface area (Å²) in [6, 6.07) is 11.6. The average Bonchev–Trinajstić information content (AvgIpc) is 2.62. The summed E-state index contributed by atoms with van der Waals surface area (Å²) in [5.74, 6) is -0.452. The summed E-state index contributed by atoms with van der Waals surface area (Å²) in [5, 5.41) is 2.79. The van der Waals surface area contributed by atoms with Crippen LogP contribution in [0.1, 0.15) is 35.3 Å². The molecule has 150 valence electrons. The highest BCUT2D eigenvalue weighted by molar-refractivity contribution is 7.89. The lowest BCUT2D eigenvalue weighted by atomic mass is 10.1. The molecule has 0 atom stereocenters. The second-order valence-electron chi connectivity index (χ2n) is 6.51. The Hall–Kier alpha value is -2.71. The van der Waals surface area contributed by atoms with E-state index < -0.39 is 15.9 Å². The van der Waals surface area contributed by atoms with Gasteiger partial charge in [0.15, 0.2) is 0 Å². The van der Waals surface area contributed by atoms with Crippen LogP contribution in [0.15, 0.2) is 47.4 Å². The van der Waals surface area contributed by atoms with Gasteiger partial charge in [0.05, 0.1) is 4.90 Å². The van der Waals surface area contributed by atoms with Crippen LogP contribution in [0.4, 0.5) is 5.69 Å². The van der Waals surface area contributed by atoms with Gasteiger partial charge in [-0.2, -0.15) is 0 Å². The molecule has 2 N–H and O–H groups in total. The monoisotopic (exact) mass is 403 g/mol. The van der Waals surface area contributed by atoms with Crippen molar-refractivity contribution in [2.24, 2.45) is 0 Å². The third-order valence-corrected chi connectivity index (χ3v) is 5.78. The third-order valence-electron chi connectivity index (χ3n) is 4.24. The maximum absolute atomic E-state index is 12.7. The Bertz CT molecular complexity index is 987. The summed E-state index contributed by atoms with van der Waals surface area (Å²) >= 11 is 0. The molecule has 2 aromatic carbocycles. The zero-order valence-corrected chi connectivity index (χ0v) is 17.3. The van der Waals surface area contributed by atoms with Crippen LogP contribution in [0.25, 0.3) is 0 Å². The van der Waals surface area contributed by atoms with Gasteiger partial charge in [0.25, 0.3) is 5.91 Å². The number of aryl methyl sites for hydroxylation is 1. The van der Waals surface area contributed by atoms with Gasteiger partial charge in [0, 0.05) is 38.3 Å². The van der Waals surface area contributed by atoms with E-state index in [0.717, 1.165) is 5.56 Å². The first kappa shape index (κ1) is 21.6. The minimum absolute atomic E-state index is 0.0435. The molecule has 0 saturated carbocycles. The highest BCUT2D eigenvalue weighted by Crippen LogP contribution is 2.19. The van der Waals surface area contributed by atoms with Crippen molar-refractivity contribution in [1.29, 1.82) is 0 Å². The first-order chi connectivity index (χ1) is 13.1. The SMILES string of the molecule is CCNS(=O)(=O)c1ccc(C)c(C(=O)Nc2cccc(CN(C)C(C)=O)c2)c1. The maximum Gasteiger partial charge on any atom is 0.255 e. The fourth-order valence-corrected chi connectivity index (χ4v) is 3.68. The summed E-state index contributed by atoms with van der Waals surface area (Å²) in [6.45, 7) is 5.61. The molecule has 7 nitrogen and oxygen atoms in total. The van der Waals surface area contributed by atoms with Gasteiger partial charge in [-0.25, -0.2) is 13.1 Å². The van der Waals surface area contributed by atoms with Crippen molar-refractivity contribution >= 4 is 27.5 Å². The lowest BCUT2D eigenvalue weighted by Crippen LogP contribution is -2.24. The summed E-state index contributed by atoms with van der Waals surface area (Å²) in [5.41, 5.74) is 2.39. The Labute approximate surface area is 165 Å². The van der Waals surface area contributed by atoms with E-state index in [-0.39, 0.29) is 22.9 Å². The van der Waals surface area contributed by atoms with Crippen LogP contribution in [-0.4, -0.2) is 38.7 Å². The lowest BCUT2D eigenvalue weighted by Gasteiger charge is -2.16. The molecule has 0 fully saturated rings. The van der Waals surface area contributed by atoms with Crippen LogP contribution < -0.4 is 10.0 Å². The minimum Gasteiger partial charge on any atom is -0.342 e. The number of benzene rings is 2. The number of nitrogens with zero attached hydrogens (tertiary/aromatic N) is 1.